The highest BCUT2D eigenvalue weighted by atomic mass is 16.7. The highest BCUT2D eigenvalue weighted by molar-refractivity contribution is 5.71. The van der Waals surface area contributed by atoms with Crippen LogP contribution in [0, 0.1) is 0 Å². The SMILES string of the molecule is CC/C=C\C/C=C\C/C=C\C/C=C\C/C=C\C/C=C\C/C=C\C/C=C\C/C=C\C/C=C\C/C=C\CCCCCCCCCC(=O)OC(COC(=O)CCCC/C=C\C/C=C\C/C=C\C/C=C\C/C=C\C/C=C\CC)COC(OCC[N+](C)(C)C)C(=O)O. The van der Waals surface area contributed by atoms with Gasteiger partial charge in [0.25, 0.3) is 6.29 Å². The standard InChI is InChI=1S/C78H119NO8/c1-6-8-10-12-14-16-18-20-22-24-26-28-29-30-31-32-33-34-35-36-37-38-39-40-41-42-43-44-45-46-47-49-51-53-55-57-59-61-63-65-67-69-76(81)87-74(73-86-78(77(82)83)84-71-70-79(3,4)5)72-85-75(80)68-66-64-62-60-58-56-54-52-50-48-27-25-23-21-19-17-15-13-11-9-7-2/h8-11,14-17,20-23,26-28,30-31,33-34,36-37,39-40,42-43,45-46,48-49,51-52,54,58,60,74,78H,6-7,12-13,18-19,24-25,29,32,35,38,41,44,47,50,53,55-57,59,61-73H2,1-5H3/p+1/b10-8-,11-9-,16-14-,17-15-,22-20-,23-21-,28-26-,31-30-,34-33-,37-36-,40-39-,43-42-,46-45-,48-27-,51-49-,54-52-,60-58-. The van der Waals surface area contributed by atoms with Gasteiger partial charge in [-0.1, -0.05) is 253 Å². The Hall–Kier alpha value is -6.13. The summed E-state index contributed by atoms with van der Waals surface area (Å²) < 4.78 is 22.8. The highest BCUT2D eigenvalue weighted by Crippen LogP contribution is 2.13. The van der Waals surface area contributed by atoms with E-state index in [4.69, 9.17) is 18.9 Å². The van der Waals surface area contributed by atoms with E-state index >= 15 is 0 Å². The zero-order valence-electron chi connectivity index (χ0n) is 55.1. The molecule has 0 radical (unpaired) electrons. The topological polar surface area (TPSA) is 108 Å². The Balaban J connectivity index is 4.28. The lowest BCUT2D eigenvalue weighted by atomic mass is 10.1. The lowest BCUT2D eigenvalue weighted by Gasteiger charge is -2.25. The molecule has 0 aromatic rings. The molecule has 0 amide bonds. The monoisotopic (exact) mass is 1200 g/mol. The second-order valence-corrected chi connectivity index (χ2v) is 22.3. The summed E-state index contributed by atoms with van der Waals surface area (Å²) in [7, 11) is 5.94. The van der Waals surface area contributed by atoms with E-state index in [1.807, 2.05) is 21.1 Å². The highest BCUT2D eigenvalue weighted by Gasteiger charge is 2.25. The van der Waals surface area contributed by atoms with E-state index in [0.29, 0.717) is 23.9 Å². The lowest BCUT2D eigenvalue weighted by Crippen LogP contribution is -2.40. The van der Waals surface area contributed by atoms with Gasteiger partial charge in [0.05, 0.1) is 34.4 Å². The quantitative estimate of drug-likeness (QED) is 0.0211. The first-order valence-corrected chi connectivity index (χ1v) is 33.2. The van der Waals surface area contributed by atoms with Crippen LogP contribution in [0.5, 0.6) is 0 Å². The van der Waals surface area contributed by atoms with Crippen LogP contribution in [0.1, 0.15) is 206 Å². The van der Waals surface area contributed by atoms with Crippen molar-refractivity contribution in [2.75, 3.05) is 47.5 Å². The zero-order chi connectivity index (χ0) is 63.3. The Morgan fingerprint density at radius 3 is 0.943 bits per heavy atom. The van der Waals surface area contributed by atoms with Gasteiger partial charge in [0.15, 0.2) is 6.10 Å². The summed E-state index contributed by atoms with van der Waals surface area (Å²) in [5.74, 6) is -2.11. The average molecular weight is 1200 g/mol. The van der Waals surface area contributed by atoms with E-state index in [0.717, 1.165) is 154 Å². The largest absolute Gasteiger partial charge is 0.477 e. The maximum atomic E-state index is 12.9. The number of esters is 2. The normalized spacial score (nSPS) is 14.1. The molecule has 87 heavy (non-hydrogen) atoms. The molecule has 9 nitrogen and oxygen atoms in total. The molecule has 0 bridgehead atoms. The van der Waals surface area contributed by atoms with Crippen molar-refractivity contribution in [1.29, 1.82) is 0 Å². The molecule has 9 heteroatoms. The summed E-state index contributed by atoms with van der Waals surface area (Å²) in [4.78, 5) is 37.5. The summed E-state index contributed by atoms with van der Waals surface area (Å²) in [5.41, 5.74) is 0. The molecule has 0 spiro atoms. The van der Waals surface area contributed by atoms with Gasteiger partial charge in [0, 0.05) is 12.8 Å². The molecule has 0 aliphatic rings. The van der Waals surface area contributed by atoms with E-state index in [1.54, 1.807) is 0 Å². The molecule has 0 rings (SSSR count). The molecule has 2 atom stereocenters. The minimum atomic E-state index is -1.54. The fourth-order valence-electron chi connectivity index (χ4n) is 8.02. The fraction of sp³-hybridized carbons (Fsp3) is 0.526. The third-order valence-corrected chi connectivity index (χ3v) is 13.0. The first-order valence-electron chi connectivity index (χ1n) is 33.2. The Morgan fingerprint density at radius 2 is 0.621 bits per heavy atom. The van der Waals surface area contributed by atoms with Crippen LogP contribution in [0.3, 0.4) is 0 Å². The van der Waals surface area contributed by atoms with Crippen LogP contribution in [0.4, 0.5) is 0 Å². The summed E-state index contributed by atoms with van der Waals surface area (Å²) in [6, 6.07) is 0. The molecule has 0 fully saturated rings. The number of allylic oxidation sites excluding steroid dienone is 34. The summed E-state index contributed by atoms with van der Waals surface area (Å²) in [6.07, 6.45) is 101. The number of carboxylic acid groups (broad SMARTS) is 1. The van der Waals surface area contributed by atoms with Gasteiger partial charge in [-0.05, 0) is 148 Å². The number of likely N-dealkylation sites (N-methyl/N-ethyl adjacent to an activating group) is 1. The Labute approximate surface area is 531 Å². The molecule has 1 N–H and O–H groups in total. The maximum Gasteiger partial charge on any atom is 0.361 e. The van der Waals surface area contributed by atoms with Crippen LogP contribution in [0.15, 0.2) is 207 Å². The van der Waals surface area contributed by atoms with Crippen molar-refractivity contribution in [3.8, 4) is 0 Å². The summed E-state index contributed by atoms with van der Waals surface area (Å²) >= 11 is 0. The molecule has 0 aromatic carbocycles. The third-order valence-electron chi connectivity index (χ3n) is 13.0. The number of unbranched alkanes of at least 4 members (excludes halogenated alkanes) is 9. The van der Waals surface area contributed by atoms with Gasteiger partial charge in [0.1, 0.15) is 13.2 Å². The molecule has 0 aliphatic carbocycles. The number of hydrogen-bond acceptors (Lipinski definition) is 7. The van der Waals surface area contributed by atoms with Crippen molar-refractivity contribution < 1.29 is 42.9 Å². The molecule has 0 aliphatic heterocycles. The van der Waals surface area contributed by atoms with Crippen LogP contribution in [-0.4, -0.2) is 87.4 Å². The second-order valence-electron chi connectivity index (χ2n) is 22.3. The predicted molar refractivity (Wildman–Crippen MR) is 372 cm³/mol. The van der Waals surface area contributed by atoms with Gasteiger partial charge >= 0.3 is 17.9 Å². The maximum absolute atomic E-state index is 12.9. The number of hydrogen-bond donors (Lipinski definition) is 1. The van der Waals surface area contributed by atoms with Crippen LogP contribution < -0.4 is 0 Å². The molecular weight excluding hydrogens is 1080 g/mol. The zero-order valence-corrected chi connectivity index (χ0v) is 55.1. The number of carbonyl (C=O) groups is 3. The number of carboxylic acids is 1. The van der Waals surface area contributed by atoms with Crippen molar-refractivity contribution in [3.05, 3.63) is 207 Å². The van der Waals surface area contributed by atoms with Crippen molar-refractivity contribution >= 4 is 17.9 Å². The van der Waals surface area contributed by atoms with Crippen molar-refractivity contribution in [1.82, 2.24) is 0 Å². The number of carbonyl (C=O) groups excluding carboxylic acids is 2. The van der Waals surface area contributed by atoms with Gasteiger partial charge in [0.2, 0.25) is 0 Å². The Morgan fingerprint density at radius 1 is 0.345 bits per heavy atom. The van der Waals surface area contributed by atoms with Crippen LogP contribution in [0.25, 0.3) is 0 Å². The lowest BCUT2D eigenvalue weighted by molar-refractivity contribution is -0.870. The predicted octanol–water partition coefficient (Wildman–Crippen LogP) is 20.8. The molecule has 0 saturated heterocycles. The number of quaternary nitrogens is 1. The van der Waals surface area contributed by atoms with E-state index in [9.17, 15) is 19.5 Å². The first-order chi connectivity index (χ1) is 42.6. The van der Waals surface area contributed by atoms with E-state index in [-0.39, 0.29) is 32.7 Å². The van der Waals surface area contributed by atoms with Gasteiger partial charge < -0.3 is 28.5 Å². The molecule has 0 aromatic heterocycles. The van der Waals surface area contributed by atoms with E-state index in [2.05, 4.69) is 220 Å². The third kappa shape index (κ3) is 67.2. The minimum Gasteiger partial charge on any atom is -0.477 e. The van der Waals surface area contributed by atoms with Gasteiger partial charge in [-0.3, -0.25) is 9.59 Å². The smallest absolute Gasteiger partial charge is 0.361 e. The number of aliphatic carboxylic acids is 1. The van der Waals surface area contributed by atoms with Crippen molar-refractivity contribution in [2.24, 2.45) is 0 Å². The molecule has 0 heterocycles. The van der Waals surface area contributed by atoms with Crippen LogP contribution in [0.2, 0.25) is 0 Å². The summed E-state index contributed by atoms with van der Waals surface area (Å²) in [5, 5.41) is 9.73. The molecule has 484 valence electrons. The van der Waals surface area contributed by atoms with Gasteiger partial charge in [-0.15, -0.1) is 0 Å². The number of rotatable bonds is 58. The number of nitrogens with zero attached hydrogens (tertiary/aromatic N) is 1. The van der Waals surface area contributed by atoms with Gasteiger partial charge in [-0.25, -0.2) is 4.79 Å². The van der Waals surface area contributed by atoms with Crippen molar-refractivity contribution in [2.45, 2.75) is 219 Å². The van der Waals surface area contributed by atoms with Gasteiger partial charge in [-0.2, -0.15) is 0 Å². The molecular formula is C78H120NO8+. The van der Waals surface area contributed by atoms with Crippen LogP contribution >= 0.6 is 0 Å². The first kappa shape index (κ1) is 80.9. The second kappa shape index (κ2) is 65.8. The van der Waals surface area contributed by atoms with E-state index in [1.165, 1.54) is 12.8 Å². The Kier molecular flexibility index (Phi) is 61.2. The average Bonchev–Trinajstić information content (AvgIpc) is 3.59. The summed E-state index contributed by atoms with van der Waals surface area (Å²) in [6.45, 7) is 4.55. The van der Waals surface area contributed by atoms with Crippen LogP contribution in [-0.2, 0) is 33.3 Å². The van der Waals surface area contributed by atoms with Crippen molar-refractivity contribution in [3.63, 3.8) is 0 Å². The Bertz CT molecular complexity index is 2180. The molecule has 0 saturated carbocycles. The number of ether oxygens (including phenoxy) is 4. The fourth-order valence-corrected chi connectivity index (χ4v) is 8.02. The molecule has 2 unspecified atom stereocenters. The minimum absolute atomic E-state index is 0.166. The van der Waals surface area contributed by atoms with E-state index < -0.39 is 30.3 Å².